The first-order valence-electron chi connectivity index (χ1n) is 28.7. The smallest absolute Gasteiger partial charge is 0.319 e. The van der Waals surface area contributed by atoms with Crippen LogP contribution in [0.15, 0.2) is 30.3 Å². The summed E-state index contributed by atoms with van der Waals surface area (Å²) >= 11 is 0. The van der Waals surface area contributed by atoms with Gasteiger partial charge in [-0.3, -0.25) is 4.79 Å². The van der Waals surface area contributed by atoms with Crippen molar-refractivity contribution in [3.63, 3.8) is 0 Å². The van der Waals surface area contributed by atoms with Crippen molar-refractivity contribution in [3.05, 3.63) is 30.3 Å². The van der Waals surface area contributed by atoms with Gasteiger partial charge in [0.15, 0.2) is 6.29 Å². The van der Waals surface area contributed by atoms with Crippen LogP contribution < -0.4 is 16.0 Å². The molecule has 0 aromatic heterocycles. The van der Waals surface area contributed by atoms with E-state index in [4.69, 9.17) is 9.47 Å². The van der Waals surface area contributed by atoms with Crippen LogP contribution in [0.4, 0.5) is 10.5 Å². The number of aliphatic hydroxyl groups is 5. The van der Waals surface area contributed by atoms with Crippen LogP contribution in [0.1, 0.15) is 251 Å². The van der Waals surface area contributed by atoms with Crippen LogP contribution in [0.3, 0.4) is 0 Å². The Morgan fingerprint density at radius 2 is 0.957 bits per heavy atom. The van der Waals surface area contributed by atoms with Crippen molar-refractivity contribution < 1.29 is 44.6 Å². The fraction of sp³-hybridized carbons (Fsp3) is 0.860. The summed E-state index contributed by atoms with van der Waals surface area (Å²) in [5, 5.41) is 62.8. The number of carbonyl (C=O) groups excluding carboxylic acids is 2. The second-order valence-electron chi connectivity index (χ2n) is 20.5. The lowest BCUT2D eigenvalue weighted by molar-refractivity contribution is -0.297. The standard InChI is InChI=1S/C57H105N3O9/c1-3-5-7-9-11-13-15-17-18-19-20-21-22-23-24-25-26-27-29-31-33-35-40-44-51(62)60-48(52(63)49(61)43-39-34-32-30-28-16-14-12-10-8-6-4-2)46-68-56-55(66)54(65)53(64)50(69-56)45-58-57(67)59-47-41-37-36-38-42-47/h36-38,41-42,48-50,52-56,61,63-66H,3-35,39-40,43-46H2,1-2H3,(H,60,62)(H2,58,59,67)/t48-,49+,50+,52-,53-,54-,55+,56-/m0/s1. The summed E-state index contributed by atoms with van der Waals surface area (Å²) in [6, 6.07) is 7.24. The maximum Gasteiger partial charge on any atom is 0.319 e. The van der Waals surface area contributed by atoms with E-state index in [9.17, 15) is 35.1 Å². The number of carbonyl (C=O) groups is 2. The molecule has 8 N–H and O–H groups in total. The normalized spacial score (nSPS) is 19.6. The minimum atomic E-state index is -1.65. The van der Waals surface area contributed by atoms with Crippen molar-refractivity contribution in [1.29, 1.82) is 0 Å². The number of hydrogen-bond donors (Lipinski definition) is 8. The number of nitrogens with one attached hydrogen (secondary N) is 3. The van der Waals surface area contributed by atoms with E-state index in [1.807, 2.05) is 6.07 Å². The van der Waals surface area contributed by atoms with Gasteiger partial charge in [0.25, 0.3) is 0 Å². The molecule has 0 unspecified atom stereocenters. The number of hydrogen-bond acceptors (Lipinski definition) is 9. The number of aliphatic hydroxyl groups excluding tert-OH is 5. The first kappa shape index (κ1) is 62.8. The molecule has 69 heavy (non-hydrogen) atoms. The Morgan fingerprint density at radius 1 is 0.551 bits per heavy atom. The van der Waals surface area contributed by atoms with Crippen molar-refractivity contribution in [2.75, 3.05) is 18.5 Å². The van der Waals surface area contributed by atoms with Crippen LogP contribution in [0.25, 0.3) is 0 Å². The van der Waals surface area contributed by atoms with Crippen molar-refractivity contribution in [3.8, 4) is 0 Å². The number of amides is 3. The molecule has 1 heterocycles. The van der Waals surface area contributed by atoms with Crippen molar-refractivity contribution >= 4 is 17.6 Å². The van der Waals surface area contributed by atoms with E-state index in [-0.39, 0.29) is 25.5 Å². The lowest BCUT2D eigenvalue weighted by Gasteiger charge is -2.41. The molecule has 0 saturated carbocycles. The first-order valence-corrected chi connectivity index (χ1v) is 28.7. The molecule has 0 bridgehead atoms. The van der Waals surface area contributed by atoms with Crippen LogP contribution in [0, 0.1) is 0 Å². The lowest BCUT2D eigenvalue weighted by Crippen LogP contribution is -2.61. The van der Waals surface area contributed by atoms with Crippen LogP contribution in [0.5, 0.6) is 0 Å². The molecule has 3 amide bonds. The van der Waals surface area contributed by atoms with Crippen molar-refractivity contribution in [2.24, 2.45) is 0 Å². The molecule has 0 spiro atoms. The first-order chi connectivity index (χ1) is 33.7. The van der Waals surface area contributed by atoms with Gasteiger partial charge in [0, 0.05) is 18.7 Å². The average molecular weight is 976 g/mol. The van der Waals surface area contributed by atoms with E-state index in [0.29, 0.717) is 18.5 Å². The Balaban J connectivity index is 1.71. The number of unbranched alkanes of at least 4 members (excludes halogenated alkanes) is 33. The van der Waals surface area contributed by atoms with Crippen LogP contribution in [-0.4, -0.2) is 99.6 Å². The van der Waals surface area contributed by atoms with E-state index in [1.54, 1.807) is 24.3 Å². The number of benzene rings is 1. The van der Waals surface area contributed by atoms with Gasteiger partial charge in [-0.1, -0.05) is 250 Å². The van der Waals surface area contributed by atoms with Crippen LogP contribution in [-0.2, 0) is 14.3 Å². The third kappa shape index (κ3) is 32.4. The predicted octanol–water partition coefficient (Wildman–Crippen LogP) is 12.3. The Labute approximate surface area is 420 Å². The average Bonchev–Trinajstić information content (AvgIpc) is 3.35. The number of para-hydroxylation sites is 1. The van der Waals surface area contributed by atoms with Gasteiger partial charge in [-0.15, -0.1) is 0 Å². The molecule has 0 aliphatic carbocycles. The predicted molar refractivity (Wildman–Crippen MR) is 282 cm³/mol. The maximum atomic E-state index is 13.3. The molecule has 2 rings (SSSR count). The van der Waals surface area contributed by atoms with E-state index in [1.165, 1.54) is 173 Å². The Morgan fingerprint density at radius 3 is 1.39 bits per heavy atom. The molecule has 1 saturated heterocycles. The van der Waals surface area contributed by atoms with Crippen LogP contribution in [0.2, 0.25) is 0 Å². The summed E-state index contributed by atoms with van der Waals surface area (Å²) in [4.78, 5) is 25.8. The summed E-state index contributed by atoms with van der Waals surface area (Å²) in [6.45, 7) is 3.98. The highest BCUT2D eigenvalue weighted by Crippen LogP contribution is 2.24. The van der Waals surface area contributed by atoms with Gasteiger partial charge < -0.3 is 51.0 Å². The number of rotatable bonds is 46. The fourth-order valence-corrected chi connectivity index (χ4v) is 9.52. The van der Waals surface area contributed by atoms with E-state index < -0.39 is 55.0 Å². The van der Waals surface area contributed by atoms with Crippen molar-refractivity contribution in [1.82, 2.24) is 10.6 Å². The molecule has 8 atom stereocenters. The Kier molecular flexibility index (Phi) is 39.4. The highest BCUT2D eigenvalue weighted by Gasteiger charge is 2.45. The summed E-state index contributed by atoms with van der Waals surface area (Å²) in [5.74, 6) is -0.268. The SMILES string of the molecule is CCCCCCCCCCCCCCCCCCCCCCCCCC(=O)N[C@@H](CO[C@H]1O[C@H](CNC(=O)Nc2ccccc2)[C@H](O)[C@H](O)[C@H]1O)[C@H](O)[C@H](O)CCCCCCCCCCCCCC. The molecule has 12 heteroatoms. The Hall–Kier alpha value is -2.32. The van der Waals surface area contributed by atoms with Crippen molar-refractivity contribution in [2.45, 2.75) is 300 Å². The molecule has 0 radical (unpaired) electrons. The number of urea groups is 1. The molecule has 1 fully saturated rings. The maximum absolute atomic E-state index is 13.3. The third-order valence-electron chi connectivity index (χ3n) is 14.1. The van der Waals surface area contributed by atoms with E-state index in [2.05, 4.69) is 29.8 Å². The highest BCUT2D eigenvalue weighted by molar-refractivity contribution is 5.89. The lowest BCUT2D eigenvalue weighted by atomic mass is 9.98. The highest BCUT2D eigenvalue weighted by atomic mass is 16.7. The van der Waals surface area contributed by atoms with Gasteiger partial charge in [0.2, 0.25) is 5.91 Å². The van der Waals surface area contributed by atoms with Gasteiger partial charge in [-0.25, -0.2) is 4.79 Å². The minimum absolute atomic E-state index is 0.205. The van der Waals surface area contributed by atoms with Gasteiger partial charge in [0.05, 0.1) is 18.8 Å². The monoisotopic (exact) mass is 976 g/mol. The quantitative estimate of drug-likeness (QED) is 0.0294. The summed E-state index contributed by atoms with van der Waals surface area (Å²) in [7, 11) is 0. The molecule has 1 aromatic rings. The summed E-state index contributed by atoms with van der Waals surface area (Å²) in [5.41, 5.74) is 0.565. The fourth-order valence-electron chi connectivity index (χ4n) is 9.52. The van der Waals surface area contributed by atoms with Gasteiger partial charge >= 0.3 is 6.03 Å². The topological polar surface area (TPSA) is 190 Å². The molecule has 402 valence electrons. The summed E-state index contributed by atoms with van der Waals surface area (Å²) in [6.07, 6.45) is 34.9. The van der Waals surface area contributed by atoms with Crippen LogP contribution >= 0.6 is 0 Å². The minimum Gasteiger partial charge on any atom is -0.390 e. The zero-order chi connectivity index (χ0) is 50.0. The van der Waals surface area contributed by atoms with E-state index in [0.717, 1.165) is 44.9 Å². The van der Waals surface area contributed by atoms with Gasteiger partial charge in [-0.2, -0.15) is 0 Å². The zero-order valence-corrected chi connectivity index (χ0v) is 44.0. The largest absolute Gasteiger partial charge is 0.390 e. The summed E-state index contributed by atoms with van der Waals surface area (Å²) < 4.78 is 11.7. The second kappa shape index (κ2) is 43.3. The molecular weight excluding hydrogens is 871 g/mol. The number of ether oxygens (including phenoxy) is 2. The van der Waals surface area contributed by atoms with Gasteiger partial charge in [0.1, 0.15) is 30.5 Å². The zero-order valence-electron chi connectivity index (χ0n) is 44.0. The third-order valence-corrected chi connectivity index (χ3v) is 14.1. The molecule has 12 nitrogen and oxygen atoms in total. The molecule has 1 aromatic carbocycles. The second-order valence-corrected chi connectivity index (χ2v) is 20.5. The molecule has 1 aliphatic rings. The number of anilines is 1. The van der Waals surface area contributed by atoms with Gasteiger partial charge in [-0.05, 0) is 25.0 Å². The Bertz CT molecular complexity index is 1330. The molecule has 1 aliphatic heterocycles. The molecular formula is C57H105N3O9. The van der Waals surface area contributed by atoms with E-state index >= 15 is 0 Å².